The maximum Gasteiger partial charge on any atom is 0.264 e. The first kappa shape index (κ1) is 31.7. The quantitative estimate of drug-likeness (QED) is 0.284. The Balaban J connectivity index is 2.08. The van der Waals surface area contributed by atoms with Gasteiger partial charge < -0.3 is 15.0 Å². The molecule has 0 bridgehead atoms. The van der Waals surface area contributed by atoms with E-state index in [0.29, 0.717) is 24.3 Å². The van der Waals surface area contributed by atoms with Gasteiger partial charge in [-0.3, -0.25) is 13.9 Å². The highest BCUT2D eigenvalue weighted by Gasteiger charge is 2.34. The van der Waals surface area contributed by atoms with Gasteiger partial charge in [0.2, 0.25) is 11.8 Å². The summed E-state index contributed by atoms with van der Waals surface area (Å²) < 4.78 is 34.5. The highest BCUT2D eigenvalue weighted by molar-refractivity contribution is 7.92. The number of methoxy groups -OCH3 is 1. The number of aryl methyl sites for hydroxylation is 1. The van der Waals surface area contributed by atoms with Crippen LogP contribution in [0.5, 0.6) is 5.75 Å². The summed E-state index contributed by atoms with van der Waals surface area (Å²) in [4.78, 5) is 29.2. The molecule has 9 heteroatoms. The number of nitrogens with zero attached hydrogens (tertiary/aromatic N) is 2. The average Bonchev–Trinajstić information content (AvgIpc) is 3.00. The molecule has 0 aliphatic rings. The topological polar surface area (TPSA) is 96.0 Å². The van der Waals surface area contributed by atoms with Crippen molar-refractivity contribution in [2.24, 2.45) is 0 Å². The number of benzene rings is 3. The second-order valence-corrected chi connectivity index (χ2v) is 11.8. The molecule has 2 amide bonds. The van der Waals surface area contributed by atoms with Gasteiger partial charge in [-0.25, -0.2) is 8.42 Å². The molecule has 0 aliphatic heterocycles. The van der Waals surface area contributed by atoms with Crippen LogP contribution in [0.25, 0.3) is 0 Å². The summed E-state index contributed by atoms with van der Waals surface area (Å²) in [6.45, 7) is 7.34. The van der Waals surface area contributed by atoms with E-state index in [1.807, 2.05) is 52.0 Å². The van der Waals surface area contributed by atoms with Crippen molar-refractivity contribution in [2.75, 3.05) is 18.0 Å². The lowest BCUT2D eigenvalue weighted by molar-refractivity contribution is -0.140. The van der Waals surface area contributed by atoms with E-state index in [2.05, 4.69) is 5.32 Å². The standard InChI is InChI=1S/C32H41N3O5S/c1-6-24(4)33-32(37)29(8-3)34(22-25-18-20-27(40-5)21-19-25)31(36)23-35(30-17-13-12-14-26(30)7-2)41(38,39)28-15-10-9-11-16-28/h9-21,24,29H,6-8,22-23H2,1-5H3,(H,33,37)/t24-,29+/m0/s1. The van der Waals surface area contributed by atoms with Crippen LogP contribution in [0.2, 0.25) is 0 Å². The van der Waals surface area contributed by atoms with Gasteiger partial charge in [-0.2, -0.15) is 0 Å². The summed E-state index contributed by atoms with van der Waals surface area (Å²) in [6, 6.07) is 21.7. The van der Waals surface area contributed by atoms with Crippen molar-refractivity contribution < 1.29 is 22.7 Å². The maximum absolute atomic E-state index is 14.2. The number of nitrogens with one attached hydrogen (secondary N) is 1. The molecule has 3 aromatic carbocycles. The summed E-state index contributed by atoms with van der Waals surface area (Å²) in [5.74, 6) is -0.0722. The fourth-order valence-corrected chi connectivity index (χ4v) is 6.05. The van der Waals surface area contributed by atoms with Crippen molar-refractivity contribution in [1.29, 1.82) is 0 Å². The average molecular weight is 580 g/mol. The monoisotopic (exact) mass is 579 g/mol. The molecule has 3 rings (SSSR count). The van der Waals surface area contributed by atoms with E-state index in [1.54, 1.807) is 49.6 Å². The molecule has 0 fully saturated rings. The lowest BCUT2D eigenvalue weighted by atomic mass is 10.1. The van der Waals surface area contributed by atoms with Gasteiger partial charge in [-0.05, 0) is 67.6 Å². The van der Waals surface area contributed by atoms with E-state index in [1.165, 1.54) is 21.3 Å². The highest BCUT2D eigenvalue weighted by atomic mass is 32.2. The number of sulfonamides is 1. The minimum Gasteiger partial charge on any atom is -0.497 e. The Kier molecular flexibility index (Phi) is 11.3. The van der Waals surface area contributed by atoms with Crippen molar-refractivity contribution >= 4 is 27.5 Å². The van der Waals surface area contributed by atoms with Crippen LogP contribution in [0.3, 0.4) is 0 Å². The number of rotatable bonds is 14. The predicted octanol–water partition coefficient (Wildman–Crippen LogP) is 5.18. The van der Waals surface area contributed by atoms with E-state index in [-0.39, 0.29) is 23.4 Å². The molecule has 0 radical (unpaired) electrons. The largest absolute Gasteiger partial charge is 0.497 e. The van der Waals surface area contributed by atoms with Gasteiger partial charge in [-0.1, -0.05) is 69.3 Å². The Bertz CT molecular complexity index is 1390. The zero-order chi connectivity index (χ0) is 30.0. The van der Waals surface area contributed by atoms with E-state index in [4.69, 9.17) is 4.74 Å². The summed E-state index contributed by atoms with van der Waals surface area (Å²) in [6.07, 6.45) is 1.68. The van der Waals surface area contributed by atoms with Crippen LogP contribution in [0.4, 0.5) is 5.69 Å². The first-order valence-electron chi connectivity index (χ1n) is 14.0. The number of para-hydroxylation sites is 1. The van der Waals surface area contributed by atoms with Gasteiger partial charge >= 0.3 is 0 Å². The molecule has 41 heavy (non-hydrogen) atoms. The normalized spacial score (nSPS) is 12.7. The Morgan fingerprint density at radius 3 is 2.10 bits per heavy atom. The lowest BCUT2D eigenvalue weighted by Crippen LogP contribution is -2.53. The molecule has 0 saturated heterocycles. The number of carbonyl (C=O) groups is 2. The molecule has 220 valence electrons. The van der Waals surface area contributed by atoms with E-state index >= 15 is 0 Å². The van der Waals surface area contributed by atoms with Crippen LogP contribution >= 0.6 is 0 Å². The second-order valence-electron chi connectivity index (χ2n) is 9.92. The van der Waals surface area contributed by atoms with E-state index < -0.39 is 28.5 Å². The van der Waals surface area contributed by atoms with Crippen LogP contribution in [-0.2, 0) is 32.6 Å². The molecule has 3 aromatic rings. The Morgan fingerprint density at radius 2 is 1.51 bits per heavy atom. The predicted molar refractivity (Wildman–Crippen MR) is 162 cm³/mol. The summed E-state index contributed by atoms with van der Waals surface area (Å²) >= 11 is 0. The second kappa shape index (κ2) is 14.7. The molecule has 1 N–H and O–H groups in total. The molecule has 0 aliphatic carbocycles. The zero-order valence-corrected chi connectivity index (χ0v) is 25.4. The third-order valence-electron chi connectivity index (χ3n) is 7.15. The van der Waals surface area contributed by atoms with Gasteiger partial charge in [0, 0.05) is 12.6 Å². The first-order valence-corrected chi connectivity index (χ1v) is 15.5. The van der Waals surface area contributed by atoms with Crippen LogP contribution in [-0.4, -0.2) is 50.9 Å². The lowest BCUT2D eigenvalue weighted by Gasteiger charge is -2.34. The van der Waals surface area contributed by atoms with Gasteiger partial charge in [0.15, 0.2) is 0 Å². The van der Waals surface area contributed by atoms with Crippen LogP contribution in [0.1, 0.15) is 51.7 Å². The number of hydrogen-bond donors (Lipinski definition) is 1. The smallest absolute Gasteiger partial charge is 0.264 e. The molecule has 0 unspecified atom stereocenters. The van der Waals surface area contributed by atoms with Gasteiger partial charge in [0.1, 0.15) is 18.3 Å². The number of ether oxygens (including phenoxy) is 1. The Hall–Kier alpha value is -3.85. The van der Waals surface area contributed by atoms with Gasteiger partial charge in [0.05, 0.1) is 17.7 Å². The fourth-order valence-electron chi connectivity index (χ4n) is 4.57. The summed E-state index contributed by atoms with van der Waals surface area (Å²) in [5.41, 5.74) is 2.03. The van der Waals surface area contributed by atoms with Crippen molar-refractivity contribution in [2.45, 2.75) is 70.5 Å². The number of hydrogen-bond acceptors (Lipinski definition) is 5. The Morgan fingerprint density at radius 1 is 0.878 bits per heavy atom. The molecular formula is C32H41N3O5S. The third-order valence-corrected chi connectivity index (χ3v) is 8.92. The van der Waals surface area contributed by atoms with Crippen molar-refractivity contribution in [3.63, 3.8) is 0 Å². The fraction of sp³-hybridized carbons (Fsp3) is 0.375. The van der Waals surface area contributed by atoms with Gasteiger partial charge in [0.25, 0.3) is 10.0 Å². The van der Waals surface area contributed by atoms with Crippen molar-refractivity contribution in [3.8, 4) is 5.75 Å². The Labute approximate surface area is 244 Å². The minimum atomic E-state index is -4.10. The van der Waals surface area contributed by atoms with Crippen molar-refractivity contribution in [3.05, 3.63) is 90.0 Å². The zero-order valence-electron chi connectivity index (χ0n) is 24.5. The maximum atomic E-state index is 14.2. The molecule has 0 aromatic heterocycles. The number of amides is 2. The van der Waals surface area contributed by atoms with Crippen molar-refractivity contribution in [1.82, 2.24) is 10.2 Å². The van der Waals surface area contributed by atoms with Crippen LogP contribution in [0.15, 0.2) is 83.8 Å². The molecule has 0 saturated carbocycles. The SMILES string of the molecule is CCc1ccccc1N(CC(=O)N(Cc1ccc(OC)cc1)[C@H](CC)C(=O)N[C@@H](C)CC)S(=O)(=O)c1ccccc1. The highest BCUT2D eigenvalue weighted by Crippen LogP contribution is 2.28. The van der Waals surface area contributed by atoms with E-state index in [9.17, 15) is 18.0 Å². The summed E-state index contributed by atoms with van der Waals surface area (Å²) in [7, 11) is -2.53. The molecule has 2 atom stereocenters. The number of anilines is 1. The third kappa shape index (κ3) is 7.88. The van der Waals surface area contributed by atoms with Crippen LogP contribution < -0.4 is 14.4 Å². The van der Waals surface area contributed by atoms with Crippen LogP contribution in [0, 0.1) is 0 Å². The molecular weight excluding hydrogens is 538 g/mol. The minimum absolute atomic E-state index is 0.0686. The summed E-state index contributed by atoms with van der Waals surface area (Å²) in [5, 5.41) is 2.99. The molecule has 0 spiro atoms. The van der Waals surface area contributed by atoms with Gasteiger partial charge in [-0.15, -0.1) is 0 Å². The molecule has 8 nitrogen and oxygen atoms in total. The molecule has 0 heterocycles. The first-order chi connectivity index (χ1) is 19.7. The number of carbonyl (C=O) groups excluding carboxylic acids is 2. The van der Waals surface area contributed by atoms with E-state index in [0.717, 1.165) is 17.5 Å².